The number of carbonyl (C=O) groups is 1. The highest BCUT2D eigenvalue weighted by atomic mass is 19.4. The molecule has 154 valence electrons. The van der Waals surface area contributed by atoms with E-state index in [4.69, 9.17) is 0 Å². The maximum atomic E-state index is 13.4. The molecule has 0 saturated carbocycles. The first-order valence-electron chi connectivity index (χ1n) is 7.46. The molecule has 1 aromatic rings. The smallest absolute Gasteiger partial charge is 0.347 e. The monoisotopic (exact) mass is 410 g/mol. The number of rotatable bonds is 5. The molecule has 0 radical (unpaired) electrons. The van der Waals surface area contributed by atoms with Crippen LogP contribution in [0.25, 0.3) is 0 Å². The van der Waals surface area contributed by atoms with Crippen molar-refractivity contribution in [2.75, 3.05) is 5.32 Å². The van der Waals surface area contributed by atoms with Crippen LogP contribution in [0.4, 0.5) is 45.2 Å². The number of carbonyl (C=O) groups excluding carboxylic acids is 1. The van der Waals surface area contributed by atoms with E-state index in [0.29, 0.717) is 12.1 Å². The first kappa shape index (κ1) is 22.9. The number of anilines is 1. The first-order valence-corrected chi connectivity index (χ1v) is 7.46. The molecule has 0 aliphatic rings. The molecule has 0 spiro atoms. The van der Waals surface area contributed by atoms with E-state index in [1.807, 2.05) is 0 Å². The SMILES string of the molecule is CCC(C)C(=O)NC(Nc1ccccc1C(F)(F)F)(C(F)(F)F)C(F)(F)F. The molecule has 0 aliphatic heterocycles. The van der Waals surface area contributed by atoms with Crippen molar-refractivity contribution < 1.29 is 44.3 Å². The molecule has 0 fully saturated rings. The largest absolute Gasteiger partial charge is 0.439 e. The summed E-state index contributed by atoms with van der Waals surface area (Å²) in [6, 6.07) is 2.35. The second-order valence-electron chi connectivity index (χ2n) is 5.71. The minimum Gasteiger partial charge on any atom is -0.347 e. The van der Waals surface area contributed by atoms with E-state index in [2.05, 4.69) is 0 Å². The summed E-state index contributed by atoms with van der Waals surface area (Å²) in [5.74, 6) is -2.86. The Morgan fingerprint density at radius 1 is 0.963 bits per heavy atom. The van der Waals surface area contributed by atoms with Gasteiger partial charge in [0.2, 0.25) is 5.91 Å². The van der Waals surface area contributed by atoms with Gasteiger partial charge in [0, 0.05) is 11.6 Å². The Morgan fingerprint density at radius 3 is 1.85 bits per heavy atom. The number of amides is 1. The Bertz CT molecular complexity index is 650. The predicted molar refractivity (Wildman–Crippen MR) is 77.5 cm³/mol. The summed E-state index contributed by atoms with van der Waals surface area (Å²) in [7, 11) is 0. The van der Waals surface area contributed by atoms with Gasteiger partial charge < -0.3 is 10.6 Å². The lowest BCUT2D eigenvalue weighted by atomic mass is 10.0. The molecule has 3 nitrogen and oxygen atoms in total. The highest BCUT2D eigenvalue weighted by Crippen LogP contribution is 2.45. The molecule has 0 heterocycles. The van der Waals surface area contributed by atoms with Gasteiger partial charge in [-0.2, -0.15) is 39.5 Å². The highest BCUT2D eigenvalue weighted by Gasteiger charge is 2.73. The van der Waals surface area contributed by atoms with Gasteiger partial charge in [0.15, 0.2) is 0 Å². The number of halogens is 9. The average molecular weight is 410 g/mol. The summed E-state index contributed by atoms with van der Waals surface area (Å²) in [4.78, 5) is 11.8. The van der Waals surface area contributed by atoms with Crippen molar-refractivity contribution in [3.8, 4) is 0 Å². The zero-order valence-corrected chi connectivity index (χ0v) is 13.9. The average Bonchev–Trinajstić information content (AvgIpc) is 2.50. The first-order chi connectivity index (χ1) is 12.1. The van der Waals surface area contributed by atoms with Gasteiger partial charge in [-0.15, -0.1) is 0 Å². The van der Waals surface area contributed by atoms with E-state index in [1.54, 1.807) is 0 Å². The molecule has 1 aromatic carbocycles. The minimum absolute atomic E-state index is 0.0865. The summed E-state index contributed by atoms with van der Waals surface area (Å²) in [5.41, 5.74) is -8.34. The van der Waals surface area contributed by atoms with Crippen LogP contribution in [0.2, 0.25) is 0 Å². The molecule has 1 rings (SSSR count). The van der Waals surface area contributed by atoms with Crippen LogP contribution in [0, 0.1) is 5.92 Å². The van der Waals surface area contributed by atoms with Gasteiger partial charge in [-0.1, -0.05) is 26.0 Å². The van der Waals surface area contributed by atoms with E-state index in [0.717, 1.165) is 29.7 Å². The van der Waals surface area contributed by atoms with Gasteiger partial charge in [-0.3, -0.25) is 4.79 Å². The number of para-hydroxylation sites is 1. The lowest BCUT2D eigenvalue weighted by Gasteiger charge is -2.40. The highest BCUT2D eigenvalue weighted by molar-refractivity contribution is 5.80. The number of alkyl halides is 9. The van der Waals surface area contributed by atoms with E-state index >= 15 is 0 Å². The third-order valence-electron chi connectivity index (χ3n) is 3.78. The molecular weight excluding hydrogens is 395 g/mol. The van der Waals surface area contributed by atoms with Crippen LogP contribution in [0.15, 0.2) is 24.3 Å². The van der Waals surface area contributed by atoms with Crippen LogP contribution in [-0.2, 0) is 11.0 Å². The van der Waals surface area contributed by atoms with Crippen molar-refractivity contribution in [1.29, 1.82) is 0 Å². The molecule has 1 amide bonds. The number of hydrogen-bond acceptors (Lipinski definition) is 2. The number of benzene rings is 1. The van der Waals surface area contributed by atoms with Crippen LogP contribution in [0.3, 0.4) is 0 Å². The van der Waals surface area contributed by atoms with E-state index in [1.165, 1.54) is 6.92 Å². The van der Waals surface area contributed by atoms with Crippen molar-refractivity contribution in [3.05, 3.63) is 29.8 Å². The third kappa shape index (κ3) is 4.78. The summed E-state index contributed by atoms with van der Waals surface area (Å²) < 4.78 is 120. The fraction of sp³-hybridized carbons (Fsp3) is 0.533. The molecule has 0 aliphatic carbocycles. The summed E-state index contributed by atoms with van der Waals surface area (Å²) >= 11 is 0. The molecule has 0 aromatic heterocycles. The van der Waals surface area contributed by atoms with Crippen molar-refractivity contribution in [1.82, 2.24) is 5.32 Å². The Labute approximate surface area is 147 Å². The molecular formula is C15H15F9N2O. The van der Waals surface area contributed by atoms with Gasteiger partial charge >= 0.3 is 24.2 Å². The Morgan fingerprint density at radius 2 is 1.44 bits per heavy atom. The molecule has 0 bridgehead atoms. The molecule has 12 heteroatoms. The molecule has 1 unspecified atom stereocenters. The van der Waals surface area contributed by atoms with Gasteiger partial charge in [-0.05, 0) is 18.6 Å². The maximum Gasteiger partial charge on any atom is 0.439 e. The molecule has 27 heavy (non-hydrogen) atoms. The standard InChI is InChI=1S/C15H15F9N2O/c1-3-8(2)11(27)26-13(14(19,20)21,15(22,23)24)25-10-7-5-4-6-9(10)12(16,17)18/h4-8,25H,3H2,1-2H3,(H,26,27). The van der Waals surface area contributed by atoms with Crippen molar-refractivity contribution in [2.45, 2.75) is 44.5 Å². The summed E-state index contributed by atoms with van der Waals surface area (Å²) in [5, 5.41) is 1.68. The van der Waals surface area contributed by atoms with E-state index in [9.17, 15) is 44.3 Å². The van der Waals surface area contributed by atoms with Crippen molar-refractivity contribution >= 4 is 11.6 Å². The second kappa shape index (κ2) is 7.47. The topological polar surface area (TPSA) is 41.1 Å². The van der Waals surface area contributed by atoms with Gasteiger partial charge in [0.05, 0.1) is 5.56 Å². The summed E-state index contributed by atoms with van der Waals surface area (Å²) in [6.45, 7) is 2.43. The molecule has 0 saturated heterocycles. The van der Waals surface area contributed by atoms with Crippen LogP contribution in [-0.4, -0.2) is 23.9 Å². The normalized spacial score (nSPS) is 14.6. The number of nitrogens with one attached hydrogen (secondary N) is 2. The van der Waals surface area contributed by atoms with E-state index < -0.39 is 47.3 Å². The van der Waals surface area contributed by atoms with E-state index in [-0.39, 0.29) is 6.42 Å². The fourth-order valence-corrected chi connectivity index (χ4v) is 2.01. The van der Waals surface area contributed by atoms with Crippen LogP contribution in [0.1, 0.15) is 25.8 Å². The zero-order valence-electron chi connectivity index (χ0n) is 13.9. The lowest BCUT2D eigenvalue weighted by molar-refractivity contribution is -0.296. The summed E-state index contributed by atoms with van der Waals surface area (Å²) in [6.07, 6.45) is -17.7. The van der Waals surface area contributed by atoms with Crippen molar-refractivity contribution in [2.24, 2.45) is 5.92 Å². The van der Waals surface area contributed by atoms with Gasteiger partial charge in [0.1, 0.15) is 0 Å². The third-order valence-corrected chi connectivity index (χ3v) is 3.78. The van der Waals surface area contributed by atoms with Crippen LogP contribution >= 0.6 is 0 Å². The van der Waals surface area contributed by atoms with Gasteiger partial charge in [0.25, 0.3) is 0 Å². The fourth-order valence-electron chi connectivity index (χ4n) is 2.01. The van der Waals surface area contributed by atoms with Crippen LogP contribution in [0.5, 0.6) is 0 Å². The predicted octanol–water partition coefficient (Wildman–Crippen LogP) is 5.10. The minimum atomic E-state index is -6.20. The zero-order chi connectivity index (χ0) is 21.3. The Balaban J connectivity index is 3.59. The van der Waals surface area contributed by atoms with Crippen molar-refractivity contribution in [3.63, 3.8) is 0 Å². The van der Waals surface area contributed by atoms with Crippen LogP contribution < -0.4 is 10.6 Å². The second-order valence-corrected chi connectivity index (χ2v) is 5.71. The molecule has 2 N–H and O–H groups in total. The lowest BCUT2D eigenvalue weighted by Crippen LogP contribution is -2.72. The Kier molecular flexibility index (Phi) is 6.33. The maximum absolute atomic E-state index is 13.4. The molecule has 1 atom stereocenters. The van der Waals surface area contributed by atoms with Gasteiger partial charge in [-0.25, -0.2) is 0 Å². The Hall–Kier alpha value is -2.14. The number of hydrogen-bond donors (Lipinski definition) is 2. The quantitative estimate of drug-likeness (QED) is 0.524.